The quantitative estimate of drug-likeness (QED) is 0.836. The van der Waals surface area contributed by atoms with Crippen molar-refractivity contribution in [3.05, 3.63) is 47.2 Å². The minimum absolute atomic E-state index is 0.0128. The van der Waals surface area contributed by atoms with Crippen molar-refractivity contribution in [1.82, 2.24) is 0 Å². The fraction of sp³-hybridized carbons (Fsp3) is 0.526. The highest BCUT2D eigenvalue weighted by molar-refractivity contribution is 5.84. The summed E-state index contributed by atoms with van der Waals surface area (Å²) in [7, 11) is 0. The number of aliphatic hydroxyl groups is 1. The molecule has 2 atom stereocenters. The molecule has 1 aliphatic carbocycles. The van der Waals surface area contributed by atoms with Crippen LogP contribution in [-0.4, -0.2) is 22.5 Å². The van der Waals surface area contributed by atoms with Gasteiger partial charge in [-0.25, -0.2) is 4.79 Å². The minimum Gasteiger partial charge on any atom is -0.475 e. The average molecular weight is 332 g/mol. The molecule has 5 heteroatoms. The first-order valence-electron chi connectivity index (χ1n) is 8.57. The molecule has 1 fully saturated rings. The Kier molecular flexibility index (Phi) is 5.53. The Morgan fingerprint density at radius 3 is 2.46 bits per heavy atom. The second-order valence-electron chi connectivity index (χ2n) is 6.61. The zero-order valence-corrected chi connectivity index (χ0v) is 13.7. The number of carboxylic acids is 1. The third-order valence-electron chi connectivity index (χ3n) is 4.95. The number of carbonyl (C=O) groups is 1. The van der Waals surface area contributed by atoms with Gasteiger partial charge in [0, 0.05) is 6.42 Å². The molecule has 5 nitrogen and oxygen atoms in total. The predicted molar refractivity (Wildman–Crippen MR) is 87.8 cm³/mol. The Morgan fingerprint density at radius 1 is 1.17 bits per heavy atom. The molecule has 2 N–H and O–H groups in total. The first-order valence-corrected chi connectivity index (χ1v) is 8.57. The summed E-state index contributed by atoms with van der Waals surface area (Å²) >= 11 is 0. The molecule has 1 heterocycles. The molecule has 0 radical (unpaired) electrons. The molecule has 0 spiro atoms. The Labute approximate surface area is 141 Å². The van der Waals surface area contributed by atoms with Gasteiger partial charge in [-0.1, -0.05) is 37.1 Å². The van der Waals surface area contributed by atoms with Gasteiger partial charge >= 0.3 is 5.97 Å². The summed E-state index contributed by atoms with van der Waals surface area (Å²) in [5.41, 5.74) is 1.82. The van der Waals surface area contributed by atoms with E-state index >= 15 is 0 Å². The van der Waals surface area contributed by atoms with E-state index < -0.39 is 12.3 Å². The minimum atomic E-state index is -1.03. The van der Waals surface area contributed by atoms with Crippen LogP contribution in [0.5, 0.6) is 0 Å². The summed E-state index contributed by atoms with van der Waals surface area (Å²) in [6, 6.07) is 7.50. The Bertz CT molecular complexity index is 586. The first-order chi connectivity index (χ1) is 11.7. The van der Waals surface area contributed by atoms with Crippen molar-refractivity contribution in [2.24, 2.45) is 11.8 Å². The summed E-state index contributed by atoms with van der Waals surface area (Å²) in [6.07, 6.45) is 6.71. The van der Waals surface area contributed by atoms with Gasteiger partial charge in [0.05, 0.1) is 13.2 Å². The van der Waals surface area contributed by atoms with E-state index in [-0.39, 0.29) is 18.3 Å². The average Bonchev–Trinajstić information content (AvgIpc) is 3.15. The number of allylic oxidation sites excluding steroid dienone is 1. The predicted octanol–water partition coefficient (Wildman–Crippen LogP) is 3.22. The van der Waals surface area contributed by atoms with E-state index in [0.29, 0.717) is 18.9 Å². The van der Waals surface area contributed by atoms with E-state index in [9.17, 15) is 9.90 Å². The molecule has 0 unspecified atom stereocenters. The summed E-state index contributed by atoms with van der Waals surface area (Å²) in [5, 5.41) is 18.4. The van der Waals surface area contributed by atoms with Crippen molar-refractivity contribution in [1.29, 1.82) is 0 Å². The van der Waals surface area contributed by atoms with Gasteiger partial charge in [-0.3, -0.25) is 0 Å². The molecule has 24 heavy (non-hydrogen) atoms. The van der Waals surface area contributed by atoms with Crippen LogP contribution >= 0.6 is 0 Å². The Morgan fingerprint density at radius 2 is 1.83 bits per heavy atom. The number of rotatable bonds is 6. The molecule has 1 saturated carbocycles. The molecule has 1 aromatic carbocycles. The van der Waals surface area contributed by atoms with Gasteiger partial charge in [0.1, 0.15) is 0 Å². The number of benzene rings is 1. The lowest BCUT2D eigenvalue weighted by molar-refractivity contribution is -0.163. The lowest BCUT2D eigenvalue weighted by Crippen LogP contribution is -2.30. The number of ether oxygens (including phenoxy) is 2. The van der Waals surface area contributed by atoms with Crippen LogP contribution in [0.3, 0.4) is 0 Å². The fourth-order valence-corrected chi connectivity index (χ4v) is 3.58. The normalized spacial score (nSPS) is 24.5. The number of carboxylic acid groups (broad SMARTS) is 1. The Balaban J connectivity index is 1.62. The lowest BCUT2D eigenvalue weighted by Gasteiger charge is -2.31. The zero-order valence-electron chi connectivity index (χ0n) is 13.7. The van der Waals surface area contributed by atoms with Crippen molar-refractivity contribution in [2.45, 2.75) is 51.6 Å². The van der Waals surface area contributed by atoms with Crippen molar-refractivity contribution in [3.8, 4) is 0 Å². The molecule has 2 aliphatic rings. The van der Waals surface area contributed by atoms with Crippen LogP contribution in [0.2, 0.25) is 0 Å². The largest absolute Gasteiger partial charge is 0.475 e. The van der Waals surface area contributed by atoms with Crippen LogP contribution in [0.25, 0.3) is 0 Å². The Hall–Kier alpha value is -1.85. The second-order valence-corrected chi connectivity index (χ2v) is 6.61. The van der Waals surface area contributed by atoms with Crippen molar-refractivity contribution < 1.29 is 24.5 Å². The highest BCUT2D eigenvalue weighted by Gasteiger charge is 2.33. The second kappa shape index (κ2) is 7.81. The first kappa shape index (κ1) is 17.0. The maximum absolute atomic E-state index is 11.3. The highest BCUT2D eigenvalue weighted by Crippen LogP contribution is 2.38. The summed E-state index contributed by atoms with van der Waals surface area (Å²) in [4.78, 5) is 11.3. The van der Waals surface area contributed by atoms with E-state index in [4.69, 9.17) is 14.6 Å². The van der Waals surface area contributed by atoms with Crippen LogP contribution in [-0.2, 0) is 27.5 Å². The molecule has 0 aromatic heterocycles. The van der Waals surface area contributed by atoms with Crippen LogP contribution < -0.4 is 0 Å². The van der Waals surface area contributed by atoms with Crippen LogP contribution in [0, 0.1) is 11.8 Å². The number of aliphatic hydroxyl groups excluding tert-OH is 1. The van der Waals surface area contributed by atoms with Crippen LogP contribution in [0.15, 0.2) is 36.1 Å². The van der Waals surface area contributed by atoms with Gasteiger partial charge in [-0.05, 0) is 41.9 Å². The summed E-state index contributed by atoms with van der Waals surface area (Å²) in [5.74, 6) is -0.260. The zero-order chi connectivity index (χ0) is 16.9. The molecule has 3 rings (SSSR count). The fourth-order valence-electron chi connectivity index (χ4n) is 3.58. The SMILES string of the molecule is O=C(O)C1=C[C@@H](C2CCCC2)C[C@@H](OCc2ccc(CO)cc2)O1. The van der Waals surface area contributed by atoms with Crippen LogP contribution in [0.1, 0.15) is 43.2 Å². The third kappa shape index (κ3) is 4.16. The van der Waals surface area contributed by atoms with Gasteiger partial charge in [-0.2, -0.15) is 0 Å². The van der Waals surface area contributed by atoms with E-state index in [2.05, 4.69) is 0 Å². The van der Waals surface area contributed by atoms with Crippen molar-refractivity contribution >= 4 is 5.97 Å². The standard InChI is InChI=1S/C19H24O5/c20-11-13-5-7-14(8-6-13)12-23-18-10-16(15-3-1-2-4-15)9-17(24-18)19(21)22/h5-9,15-16,18,20H,1-4,10-12H2,(H,21,22)/t16-,18+/m1/s1. The van der Waals surface area contributed by atoms with E-state index in [0.717, 1.165) is 24.0 Å². The maximum atomic E-state index is 11.3. The molecule has 130 valence electrons. The molecule has 0 amide bonds. The lowest BCUT2D eigenvalue weighted by atomic mass is 9.86. The van der Waals surface area contributed by atoms with Gasteiger partial charge < -0.3 is 19.7 Å². The molecule has 1 aromatic rings. The topological polar surface area (TPSA) is 76.0 Å². The van der Waals surface area contributed by atoms with Crippen molar-refractivity contribution in [3.63, 3.8) is 0 Å². The molecule has 1 aliphatic heterocycles. The third-order valence-corrected chi connectivity index (χ3v) is 4.95. The van der Waals surface area contributed by atoms with E-state index in [1.807, 2.05) is 24.3 Å². The number of aliphatic carboxylic acids is 1. The van der Waals surface area contributed by atoms with Crippen molar-refractivity contribution in [2.75, 3.05) is 0 Å². The monoisotopic (exact) mass is 332 g/mol. The summed E-state index contributed by atoms with van der Waals surface area (Å²) in [6.45, 7) is 0.378. The molecular formula is C19H24O5. The van der Waals surface area contributed by atoms with Gasteiger partial charge in [0.15, 0.2) is 0 Å². The van der Waals surface area contributed by atoms with Gasteiger partial charge in [0.2, 0.25) is 12.0 Å². The van der Waals surface area contributed by atoms with E-state index in [1.165, 1.54) is 12.8 Å². The molecule has 0 saturated heterocycles. The van der Waals surface area contributed by atoms with E-state index in [1.54, 1.807) is 6.08 Å². The summed E-state index contributed by atoms with van der Waals surface area (Å²) < 4.78 is 11.3. The maximum Gasteiger partial charge on any atom is 0.370 e. The van der Waals surface area contributed by atoms with Gasteiger partial charge in [0.25, 0.3) is 0 Å². The van der Waals surface area contributed by atoms with Gasteiger partial charge in [-0.15, -0.1) is 0 Å². The number of hydrogen-bond acceptors (Lipinski definition) is 4. The molecular weight excluding hydrogens is 308 g/mol. The smallest absolute Gasteiger partial charge is 0.370 e. The molecule has 0 bridgehead atoms. The van der Waals surface area contributed by atoms with Crippen LogP contribution in [0.4, 0.5) is 0 Å². The number of hydrogen-bond donors (Lipinski definition) is 2. The highest BCUT2D eigenvalue weighted by atomic mass is 16.7.